The van der Waals surface area contributed by atoms with Gasteiger partial charge in [-0.05, 0) is 24.6 Å². The van der Waals surface area contributed by atoms with Gasteiger partial charge in [0.1, 0.15) is 0 Å². The van der Waals surface area contributed by atoms with E-state index in [4.69, 9.17) is 19.7 Å². The van der Waals surface area contributed by atoms with Crippen LogP contribution < -0.4 is 15.2 Å². The van der Waals surface area contributed by atoms with Gasteiger partial charge in [-0.15, -0.1) is 0 Å². The van der Waals surface area contributed by atoms with Crippen molar-refractivity contribution in [3.05, 3.63) is 24.1 Å². The second-order valence-corrected chi connectivity index (χ2v) is 4.04. The van der Waals surface area contributed by atoms with E-state index in [2.05, 4.69) is 10.1 Å². The summed E-state index contributed by atoms with van der Waals surface area (Å²) in [7, 11) is 3.17. The number of hydrogen-bond donors (Lipinski definition) is 1. The van der Waals surface area contributed by atoms with E-state index in [9.17, 15) is 0 Å². The lowest BCUT2D eigenvalue weighted by Gasteiger charge is -2.07. The van der Waals surface area contributed by atoms with Gasteiger partial charge in [-0.2, -0.15) is 4.98 Å². The van der Waals surface area contributed by atoms with E-state index in [1.54, 1.807) is 26.4 Å². The van der Waals surface area contributed by atoms with Gasteiger partial charge < -0.3 is 19.7 Å². The summed E-state index contributed by atoms with van der Waals surface area (Å²) in [6, 6.07) is 5.20. The second kappa shape index (κ2) is 5.71. The molecule has 6 heteroatoms. The fourth-order valence-electron chi connectivity index (χ4n) is 1.65. The quantitative estimate of drug-likeness (QED) is 0.890. The fraction of sp³-hybridized carbons (Fsp3) is 0.385. The van der Waals surface area contributed by atoms with E-state index in [0.717, 1.165) is 12.0 Å². The highest BCUT2D eigenvalue weighted by Crippen LogP contribution is 2.31. The number of benzene rings is 1. The van der Waals surface area contributed by atoms with Crippen molar-refractivity contribution in [2.45, 2.75) is 19.4 Å². The van der Waals surface area contributed by atoms with Crippen LogP contribution in [-0.4, -0.2) is 24.4 Å². The van der Waals surface area contributed by atoms with Crippen LogP contribution >= 0.6 is 0 Å². The number of nitrogens with zero attached hydrogens (tertiary/aromatic N) is 2. The molecule has 0 aliphatic heterocycles. The summed E-state index contributed by atoms with van der Waals surface area (Å²) < 4.78 is 15.6. The van der Waals surface area contributed by atoms with Crippen LogP contribution in [0.4, 0.5) is 0 Å². The van der Waals surface area contributed by atoms with Gasteiger partial charge in [0, 0.05) is 5.56 Å². The van der Waals surface area contributed by atoms with Gasteiger partial charge in [0.2, 0.25) is 11.7 Å². The molecule has 1 aromatic carbocycles. The van der Waals surface area contributed by atoms with Crippen molar-refractivity contribution in [1.29, 1.82) is 0 Å². The van der Waals surface area contributed by atoms with Crippen LogP contribution in [0.15, 0.2) is 22.7 Å². The lowest BCUT2D eigenvalue weighted by Crippen LogP contribution is -2.08. The molecule has 0 amide bonds. The largest absolute Gasteiger partial charge is 0.493 e. The molecule has 0 saturated heterocycles. The lowest BCUT2D eigenvalue weighted by molar-refractivity contribution is 0.351. The summed E-state index contributed by atoms with van der Waals surface area (Å²) in [5.41, 5.74) is 6.63. The maximum absolute atomic E-state index is 5.85. The van der Waals surface area contributed by atoms with Crippen molar-refractivity contribution in [2.75, 3.05) is 14.2 Å². The first-order valence-corrected chi connectivity index (χ1v) is 6.01. The van der Waals surface area contributed by atoms with Crippen LogP contribution in [0.5, 0.6) is 11.5 Å². The first-order valence-electron chi connectivity index (χ1n) is 6.01. The molecule has 1 aromatic heterocycles. The van der Waals surface area contributed by atoms with Crippen LogP contribution in [0.1, 0.15) is 25.3 Å². The van der Waals surface area contributed by atoms with Gasteiger partial charge >= 0.3 is 0 Å². The summed E-state index contributed by atoms with van der Waals surface area (Å²) in [5, 5.41) is 3.92. The molecule has 0 spiro atoms. The molecule has 0 unspecified atom stereocenters. The monoisotopic (exact) mass is 263 g/mol. The van der Waals surface area contributed by atoms with Crippen molar-refractivity contribution < 1.29 is 14.0 Å². The van der Waals surface area contributed by atoms with Gasteiger partial charge in [-0.3, -0.25) is 0 Å². The van der Waals surface area contributed by atoms with E-state index in [1.165, 1.54) is 0 Å². The van der Waals surface area contributed by atoms with Gasteiger partial charge in [-0.25, -0.2) is 0 Å². The Balaban J connectivity index is 2.34. The number of ether oxygens (including phenoxy) is 2. The number of hydrogen-bond acceptors (Lipinski definition) is 6. The zero-order chi connectivity index (χ0) is 13.8. The van der Waals surface area contributed by atoms with E-state index in [1.807, 2.05) is 13.0 Å². The molecule has 2 aromatic rings. The Hall–Kier alpha value is -2.08. The van der Waals surface area contributed by atoms with E-state index in [0.29, 0.717) is 23.2 Å². The molecule has 2 N–H and O–H groups in total. The molecular formula is C13H17N3O3. The summed E-state index contributed by atoms with van der Waals surface area (Å²) in [5.74, 6) is 2.19. The molecule has 0 saturated carbocycles. The van der Waals surface area contributed by atoms with Gasteiger partial charge in [-0.1, -0.05) is 12.1 Å². The Morgan fingerprint density at radius 3 is 2.63 bits per heavy atom. The molecule has 6 nitrogen and oxygen atoms in total. The Bertz CT molecular complexity index is 554. The average Bonchev–Trinajstić information content (AvgIpc) is 2.95. The van der Waals surface area contributed by atoms with Crippen molar-refractivity contribution in [1.82, 2.24) is 10.1 Å². The Morgan fingerprint density at radius 1 is 1.26 bits per heavy atom. The van der Waals surface area contributed by atoms with Gasteiger partial charge in [0.15, 0.2) is 11.5 Å². The maximum atomic E-state index is 5.85. The summed E-state index contributed by atoms with van der Waals surface area (Å²) in [6.07, 6.45) is 0.744. The lowest BCUT2D eigenvalue weighted by atomic mass is 10.2. The smallest absolute Gasteiger partial charge is 0.243 e. The minimum atomic E-state index is -0.235. The minimum absolute atomic E-state index is 0.235. The van der Waals surface area contributed by atoms with Crippen molar-refractivity contribution in [3.63, 3.8) is 0 Å². The molecule has 102 valence electrons. The number of methoxy groups -OCH3 is 2. The SMILES string of the molecule is CC[C@@H](N)c1nc(-c2ccc(OC)c(OC)c2)no1. The highest BCUT2D eigenvalue weighted by Gasteiger charge is 2.15. The molecule has 0 aliphatic rings. The highest BCUT2D eigenvalue weighted by atomic mass is 16.5. The number of aromatic nitrogens is 2. The van der Waals surface area contributed by atoms with Crippen molar-refractivity contribution in [2.24, 2.45) is 5.73 Å². The topological polar surface area (TPSA) is 83.4 Å². The zero-order valence-electron chi connectivity index (χ0n) is 11.2. The first kappa shape index (κ1) is 13.4. The number of rotatable bonds is 5. The predicted molar refractivity (Wildman–Crippen MR) is 70.1 cm³/mol. The molecule has 2 rings (SSSR count). The molecular weight excluding hydrogens is 246 g/mol. The summed E-state index contributed by atoms with van der Waals surface area (Å²) in [6.45, 7) is 1.96. The molecule has 1 heterocycles. The fourth-order valence-corrected chi connectivity index (χ4v) is 1.65. The Kier molecular flexibility index (Phi) is 4.01. The normalized spacial score (nSPS) is 12.2. The number of nitrogens with two attached hydrogens (primary N) is 1. The Labute approximate surface area is 111 Å². The van der Waals surface area contributed by atoms with Crippen LogP contribution in [0.3, 0.4) is 0 Å². The highest BCUT2D eigenvalue weighted by molar-refractivity contribution is 5.60. The van der Waals surface area contributed by atoms with Crippen molar-refractivity contribution in [3.8, 4) is 22.9 Å². The van der Waals surface area contributed by atoms with E-state index in [-0.39, 0.29) is 6.04 Å². The molecule has 0 bridgehead atoms. The summed E-state index contributed by atoms with van der Waals surface area (Å²) >= 11 is 0. The third-order valence-corrected chi connectivity index (χ3v) is 2.84. The zero-order valence-corrected chi connectivity index (χ0v) is 11.2. The van der Waals surface area contributed by atoms with Gasteiger partial charge in [0.05, 0.1) is 20.3 Å². The second-order valence-electron chi connectivity index (χ2n) is 4.04. The minimum Gasteiger partial charge on any atom is -0.493 e. The van der Waals surface area contributed by atoms with E-state index >= 15 is 0 Å². The van der Waals surface area contributed by atoms with Crippen LogP contribution in [0.25, 0.3) is 11.4 Å². The molecule has 0 fully saturated rings. The summed E-state index contributed by atoms with van der Waals surface area (Å²) in [4.78, 5) is 4.28. The van der Waals surface area contributed by atoms with Gasteiger partial charge in [0.25, 0.3) is 0 Å². The van der Waals surface area contributed by atoms with Crippen LogP contribution in [-0.2, 0) is 0 Å². The van der Waals surface area contributed by atoms with Crippen molar-refractivity contribution >= 4 is 0 Å². The standard InChI is InChI=1S/C13H17N3O3/c1-4-9(14)13-15-12(16-19-13)8-5-6-10(17-2)11(7-8)18-3/h5-7,9H,4,14H2,1-3H3/t9-/m1/s1. The molecule has 1 atom stereocenters. The van der Waals surface area contributed by atoms with E-state index < -0.39 is 0 Å². The Morgan fingerprint density at radius 2 is 2.00 bits per heavy atom. The third kappa shape index (κ3) is 2.68. The molecule has 0 aliphatic carbocycles. The third-order valence-electron chi connectivity index (χ3n) is 2.84. The van der Waals surface area contributed by atoms with Crippen LogP contribution in [0.2, 0.25) is 0 Å². The first-order chi connectivity index (χ1) is 9.19. The maximum Gasteiger partial charge on any atom is 0.243 e. The molecule has 19 heavy (non-hydrogen) atoms. The molecule has 0 radical (unpaired) electrons. The average molecular weight is 263 g/mol. The predicted octanol–water partition coefficient (Wildman–Crippen LogP) is 2.16. The van der Waals surface area contributed by atoms with Crippen LogP contribution in [0, 0.1) is 0 Å².